The van der Waals surface area contributed by atoms with E-state index in [2.05, 4.69) is 4.99 Å². The van der Waals surface area contributed by atoms with Gasteiger partial charge in [-0.2, -0.15) is 0 Å². The minimum absolute atomic E-state index is 0. The van der Waals surface area contributed by atoms with E-state index in [1.165, 1.54) is 0 Å². The number of hydrogen-bond donors (Lipinski definition) is 1. The molecule has 1 aromatic rings. The summed E-state index contributed by atoms with van der Waals surface area (Å²) in [4.78, 5) is 14.5. The maximum Gasteiger partial charge on any atom is 0.391 e. The van der Waals surface area contributed by atoms with Crippen LogP contribution in [0, 0.1) is 0 Å². The number of aliphatic imine (C=N–C) groups is 1. The number of carboxylic acids is 1. The average Bonchev–Trinajstić information content (AvgIpc) is 2.68. The number of carboxylic acid groups (broad SMARTS) is 1. The van der Waals surface area contributed by atoms with Crippen molar-refractivity contribution in [1.29, 1.82) is 0 Å². The van der Waals surface area contributed by atoms with Gasteiger partial charge in [0.1, 0.15) is 12.6 Å². The maximum absolute atomic E-state index is 10.5. The Bertz CT molecular complexity index is 378. The number of rotatable bonds is 2. The Hall–Kier alpha value is -0.840. The van der Waals surface area contributed by atoms with Crippen LogP contribution in [0.4, 0.5) is 0 Å². The van der Waals surface area contributed by atoms with Crippen LogP contribution >= 0.6 is 0 Å². The van der Waals surface area contributed by atoms with Crippen LogP contribution in [0.3, 0.4) is 0 Å². The van der Waals surface area contributed by atoms with Crippen molar-refractivity contribution in [1.82, 2.24) is 0 Å². The van der Waals surface area contributed by atoms with E-state index in [4.69, 9.17) is 9.84 Å². The first-order valence-electron chi connectivity index (χ1n) is 4.26. The second-order valence-corrected chi connectivity index (χ2v) is 2.98. The Morgan fingerprint density at radius 3 is 2.60 bits per heavy atom. The first-order valence-corrected chi connectivity index (χ1v) is 4.26. The third kappa shape index (κ3) is 2.81. The average molecular weight is 214 g/mol. The molecule has 0 aliphatic carbocycles. The van der Waals surface area contributed by atoms with Gasteiger partial charge in [0.05, 0.1) is 0 Å². The van der Waals surface area contributed by atoms with E-state index in [0.29, 0.717) is 6.61 Å². The van der Waals surface area contributed by atoms with Crippen LogP contribution in [-0.4, -0.2) is 53.1 Å². The van der Waals surface area contributed by atoms with Gasteiger partial charge in [-0.3, -0.25) is 0 Å². The van der Waals surface area contributed by atoms with Gasteiger partial charge in [-0.05, 0) is 5.56 Å². The monoisotopic (exact) mass is 214 g/mol. The molecule has 0 aromatic heterocycles. The van der Waals surface area contributed by atoms with Crippen molar-refractivity contribution in [3.05, 3.63) is 35.9 Å². The molecule has 1 aromatic carbocycles. The van der Waals surface area contributed by atoms with E-state index in [9.17, 15) is 4.79 Å². The van der Waals surface area contributed by atoms with Crippen LogP contribution in [0.15, 0.2) is 35.3 Å². The molecule has 4 nitrogen and oxygen atoms in total. The fraction of sp³-hybridized carbons (Fsp3) is 0.200. The SMILES string of the molecule is O=C(O)C1=N[C@@H](c2ccccc2)CO1.[Na]. The van der Waals surface area contributed by atoms with Crippen molar-refractivity contribution in [3.63, 3.8) is 0 Å². The predicted octanol–water partition coefficient (Wildman–Crippen LogP) is 0.860. The first kappa shape index (κ1) is 12.2. The Balaban J connectivity index is 0.00000112. The largest absolute Gasteiger partial charge is 0.474 e. The molecule has 1 heterocycles. The van der Waals surface area contributed by atoms with Crippen LogP contribution < -0.4 is 0 Å². The van der Waals surface area contributed by atoms with Gasteiger partial charge in [0.25, 0.3) is 5.90 Å². The Labute approximate surface area is 109 Å². The quantitative estimate of drug-likeness (QED) is 0.743. The summed E-state index contributed by atoms with van der Waals surface area (Å²) in [5.41, 5.74) is 0.976. The zero-order valence-corrected chi connectivity index (χ0v) is 10.4. The minimum atomic E-state index is -1.11. The summed E-state index contributed by atoms with van der Waals surface area (Å²) in [6, 6.07) is 9.32. The van der Waals surface area contributed by atoms with Crippen molar-refractivity contribution in [2.24, 2.45) is 4.99 Å². The molecule has 0 saturated carbocycles. The molecule has 1 atom stereocenters. The summed E-state index contributed by atoms with van der Waals surface area (Å²) in [6.07, 6.45) is 0. The maximum atomic E-state index is 10.5. The van der Waals surface area contributed by atoms with Crippen LogP contribution in [0.25, 0.3) is 0 Å². The van der Waals surface area contributed by atoms with Gasteiger partial charge in [0.2, 0.25) is 0 Å². The molecule has 1 aliphatic rings. The molecule has 0 fully saturated rings. The molecule has 0 bridgehead atoms. The van der Waals surface area contributed by atoms with E-state index in [0.717, 1.165) is 5.56 Å². The summed E-state index contributed by atoms with van der Waals surface area (Å²) < 4.78 is 4.93. The number of nitrogens with zero attached hydrogens (tertiary/aromatic N) is 1. The van der Waals surface area contributed by atoms with Gasteiger partial charge in [-0.1, -0.05) is 30.3 Å². The second-order valence-electron chi connectivity index (χ2n) is 2.98. The van der Waals surface area contributed by atoms with E-state index in [1.54, 1.807) is 0 Å². The zero-order chi connectivity index (χ0) is 9.97. The third-order valence-electron chi connectivity index (χ3n) is 2.02. The number of hydrogen-bond acceptors (Lipinski definition) is 3. The molecule has 0 saturated heterocycles. The number of benzene rings is 1. The molecule has 1 radical (unpaired) electrons. The fourth-order valence-electron chi connectivity index (χ4n) is 1.34. The molecule has 2 rings (SSSR count). The topological polar surface area (TPSA) is 58.9 Å². The molecule has 1 N–H and O–H groups in total. The normalized spacial score (nSPS) is 18.7. The van der Waals surface area contributed by atoms with E-state index in [1.807, 2.05) is 30.3 Å². The van der Waals surface area contributed by atoms with E-state index in [-0.39, 0.29) is 41.5 Å². The minimum Gasteiger partial charge on any atom is -0.474 e. The van der Waals surface area contributed by atoms with Gasteiger partial charge in [0, 0.05) is 29.6 Å². The Morgan fingerprint density at radius 1 is 1.40 bits per heavy atom. The summed E-state index contributed by atoms with van der Waals surface area (Å²) in [5.74, 6) is -1.30. The number of aliphatic carboxylic acids is 1. The smallest absolute Gasteiger partial charge is 0.391 e. The molecule has 15 heavy (non-hydrogen) atoms. The van der Waals surface area contributed by atoms with Crippen molar-refractivity contribution >= 4 is 41.4 Å². The van der Waals surface area contributed by atoms with Crippen LogP contribution in [-0.2, 0) is 9.53 Å². The van der Waals surface area contributed by atoms with Crippen molar-refractivity contribution in [2.75, 3.05) is 6.61 Å². The van der Waals surface area contributed by atoms with E-state index < -0.39 is 5.97 Å². The summed E-state index contributed by atoms with van der Waals surface area (Å²) >= 11 is 0. The number of carbonyl (C=O) groups is 1. The molecule has 73 valence electrons. The van der Waals surface area contributed by atoms with Crippen LogP contribution in [0.2, 0.25) is 0 Å². The van der Waals surface area contributed by atoms with Gasteiger partial charge in [-0.15, -0.1) is 0 Å². The van der Waals surface area contributed by atoms with Gasteiger partial charge in [-0.25, -0.2) is 9.79 Å². The summed E-state index contributed by atoms with van der Waals surface area (Å²) in [6.45, 7) is 0.311. The zero-order valence-electron chi connectivity index (χ0n) is 8.38. The Kier molecular flexibility index (Phi) is 4.32. The van der Waals surface area contributed by atoms with Crippen molar-refractivity contribution in [3.8, 4) is 0 Å². The molecule has 0 spiro atoms. The molecular weight excluding hydrogens is 205 g/mol. The first-order chi connectivity index (χ1) is 6.77. The molecule has 0 amide bonds. The molecular formula is C10H9NNaO3. The number of ether oxygens (including phenoxy) is 1. The van der Waals surface area contributed by atoms with Crippen molar-refractivity contribution in [2.45, 2.75) is 6.04 Å². The third-order valence-corrected chi connectivity index (χ3v) is 2.02. The van der Waals surface area contributed by atoms with Gasteiger partial charge in [0.15, 0.2) is 0 Å². The molecule has 5 heteroatoms. The summed E-state index contributed by atoms with van der Waals surface area (Å²) in [5, 5.41) is 8.62. The summed E-state index contributed by atoms with van der Waals surface area (Å²) in [7, 11) is 0. The van der Waals surface area contributed by atoms with Gasteiger partial charge < -0.3 is 9.84 Å². The second kappa shape index (κ2) is 5.30. The van der Waals surface area contributed by atoms with Gasteiger partial charge >= 0.3 is 5.97 Å². The Morgan fingerprint density at radius 2 is 2.07 bits per heavy atom. The standard InChI is InChI=1S/C10H9NO3.Na/c12-10(13)9-11-8(6-14-9)7-4-2-1-3-5-7;/h1-5,8H,6H2,(H,12,13);/t8-;/m1./s1. The van der Waals surface area contributed by atoms with Crippen LogP contribution in [0.1, 0.15) is 11.6 Å². The molecule has 1 aliphatic heterocycles. The fourth-order valence-corrected chi connectivity index (χ4v) is 1.34. The molecule has 0 unspecified atom stereocenters. The van der Waals surface area contributed by atoms with E-state index >= 15 is 0 Å². The van der Waals surface area contributed by atoms with Crippen LogP contribution in [0.5, 0.6) is 0 Å². The predicted molar refractivity (Wildman–Crippen MR) is 56.0 cm³/mol. The van der Waals surface area contributed by atoms with Crippen molar-refractivity contribution < 1.29 is 14.6 Å².